The molecule has 0 aliphatic rings. The first-order chi connectivity index (χ1) is 21.7. The van der Waals surface area contributed by atoms with E-state index in [1.165, 1.54) is 20.2 Å². The van der Waals surface area contributed by atoms with Gasteiger partial charge in [0.1, 0.15) is 20.2 Å². The van der Waals surface area contributed by atoms with Crippen LogP contribution in [0.5, 0.6) is 0 Å². The summed E-state index contributed by atoms with van der Waals surface area (Å²) in [6.45, 7) is 4.48. The maximum absolute atomic E-state index is 14.0. The summed E-state index contributed by atoms with van der Waals surface area (Å²) >= 11 is 3.82. The molecule has 0 saturated heterocycles. The molecule has 1 amide bonds. The zero-order chi connectivity index (χ0) is 32.5. The maximum atomic E-state index is 14.0. The summed E-state index contributed by atoms with van der Waals surface area (Å²) in [4.78, 5) is 14.0. The summed E-state index contributed by atoms with van der Waals surface area (Å²) in [5, 5.41) is 7.28. The summed E-state index contributed by atoms with van der Waals surface area (Å²) in [5.41, 5.74) is 1.72. The van der Waals surface area contributed by atoms with Crippen LogP contribution in [-0.4, -0.2) is 22.1 Å². The second-order valence-electron chi connectivity index (χ2n) is 9.93. The number of halogens is 1. The molecule has 0 bridgehead atoms. The van der Waals surface area contributed by atoms with E-state index in [1.54, 1.807) is 0 Å². The van der Waals surface area contributed by atoms with Gasteiger partial charge in [-0.05, 0) is 72.9 Å². The van der Waals surface area contributed by atoms with Crippen molar-refractivity contribution in [3.05, 3.63) is 137 Å². The number of carbonyl (C=O) groups is 1. The lowest BCUT2D eigenvalue weighted by Crippen LogP contribution is -2.58. The number of nitrogens with one attached hydrogen (secondary N) is 1. The standard InChI is InChI=1S/C35H38NOPS2.ClHO4/c1-3-5-27-39-35(40-28-6-4-2)34(36-33(37)29-19-11-7-12-20-29)38(30-21-13-8-14-22-30,31-23-15-9-16-24-31)32-25-17-10-18-26-32;2-1(3,4)5/h7-26H,3-6,27-28H2,1-2H3;(H,2,3,4,5)/p+1. The van der Waals surface area contributed by atoms with E-state index in [2.05, 4.69) is 110 Å². The van der Waals surface area contributed by atoms with Crippen LogP contribution in [0.4, 0.5) is 0 Å². The highest BCUT2D eigenvalue weighted by molar-refractivity contribution is 8.23. The SMILES string of the molecule is CCCCSC(SCCCC)=C(NC(=O)c1ccccc1)[P+](c1ccccc1)(c1ccccc1)c1ccccc1.[O-][Cl+3]([O-])([O-])O. The van der Waals surface area contributed by atoms with Crippen molar-refractivity contribution in [3.63, 3.8) is 0 Å². The number of hydrogen-bond acceptors (Lipinski definition) is 7. The molecule has 6 nitrogen and oxygen atoms in total. The van der Waals surface area contributed by atoms with Crippen LogP contribution in [0.15, 0.2) is 131 Å². The average molecular weight is 685 g/mol. The summed E-state index contributed by atoms with van der Waals surface area (Å²) in [7, 11) is -7.18. The van der Waals surface area contributed by atoms with Crippen molar-refractivity contribution >= 4 is 52.6 Å². The van der Waals surface area contributed by atoms with E-state index < -0.39 is 17.5 Å². The molecular formula is C35H40ClNO5PS2+. The molecule has 10 heteroatoms. The summed E-state index contributed by atoms with van der Waals surface area (Å²) in [6, 6.07) is 42.1. The summed E-state index contributed by atoms with van der Waals surface area (Å²) < 4.78 is 34.0. The third kappa shape index (κ3) is 11.3. The van der Waals surface area contributed by atoms with Gasteiger partial charge in [0.2, 0.25) is 0 Å². The third-order valence-corrected chi connectivity index (χ3v) is 13.8. The van der Waals surface area contributed by atoms with E-state index in [1.807, 2.05) is 53.9 Å². The van der Waals surface area contributed by atoms with E-state index in [-0.39, 0.29) is 5.91 Å². The Morgan fingerprint density at radius 1 is 0.667 bits per heavy atom. The molecule has 0 aromatic heterocycles. The van der Waals surface area contributed by atoms with Gasteiger partial charge in [0, 0.05) is 5.56 Å². The van der Waals surface area contributed by atoms with Crippen molar-refractivity contribution in [2.45, 2.75) is 39.5 Å². The van der Waals surface area contributed by atoms with Crippen molar-refractivity contribution in [2.24, 2.45) is 0 Å². The summed E-state index contributed by atoms with van der Waals surface area (Å²) in [6.07, 6.45) is 4.55. The highest BCUT2D eigenvalue weighted by Gasteiger charge is 2.52. The quantitative estimate of drug-likeness (QED) is 0.149. The lowest BCUT2D eigenvalue weighted by atomic mass is 10.2. The van der Waals surface area contributed by atoms with Gasteiger partial charge in [0.05, 0.1) is 14.9 Å². The predicted molar refractivity (Wildman–Crippen MR) is 183 cm³/mol. The number of rotatable bonds is 14. The maximum Gasteiger partial charge on any atom is 0.258 e. The molecule has 0 radical (unpaired) electrons. The smallest absolute Gasteiger partial charge is 0.258 e. The van der Waals surface area contributed by atoms with Gasteiger partial charge in [-0.2, -0.15) is 14.0 Å². The lowest BCUT2D eigenvalue weighted by molar-refractivity contribution is -1.92. The van der Waals surface area contributed by atoms with Crippen LogP contribution in [-0.2, 0) is 0 Å². The molecule has 45 heavy (non-hydrogen) atoms. The van der Waals surface area contributed by atoms with Crippen LogP contribution in [0.25, 0.3) is 0 Å². The molecule has 4 aromatic carbocycles. The molecular weight excluding hydrogens is 645 g/mol. The molecule has 0 aliphatic carbocycles. The first kappa shape index (κ1) is 36.8. The Hall–Kier alpha value is -2.65. The number of unbranched alkanes of at least 4 members (excludes halogenated alkanes) is 2. The largest absolute Gasteiger partial charge is 0.291 e. The molecule has 0 unspecified atom stereocenters. The van der Waals surface area contributed by atoms with E-state index >= 15 is 0 Å². The fourth-order valence-corrected chi connectivity index (χ4v) is 12.4. The first-order valence-electron chi connectivity index (χ1n) is 14.8. The molecule has 0 saturated carbocycles. The van der Waals surface area contributed by atoms with Crippen molar-refractivity contribution in [1.29, 1.82) is 0 Å². The molecule has 4 rings (SSSR count). The van der Waals surface area contributed by atoms with E-state index in [0.717, 1.165) is 42.6 Å². The molecule has 0 spiro atoms. The number of benzene rings is 4. The van der Waals surface area contributed by atoms with E-state index in [4.69, 9.17) is 18.6 Å². The third-order valence-electron chi connectivity index (χ3n) is 6.69. The van der Waals surface area contributed by atoms with E-state index in [9.17, 15) is 4.79 Å². The van der Waals surface area contributed by atoms with Crippen LogP contribution >= 0.6 is 30.8 Å². The zero-order valence-corrected chi connectivity index (χ0v) is 28.8. The number of amides is 1. The van der Waals surface area contributed by atoms with Crippen molar-refractivity contribution < 1.29 is 33.7 Å². The minimum Gasteiger partial charge on any atom is -0.291 e. The van der Waals surface area contributed by atoms with Crippen LogP contribution in [0.3, 0.4) is 0 Å². The molecule has 0 aliphatic heterocycles. The van der Waals surface area contributed by atoms with E-state index in [0.29, 0.717) is 5.56 Å². The Kier molecular flexibility index (Phi) is 15.6. The average Bonchev–Trinajstić information content (AvgIpc) is 3.05. The molecule has 0 atom stereocenters. The zero-order valence-electron chi connectivity index (χ0n) is 25.5. The highest BCUT2D eigenvalue weighted by Crippen LogP contribution is 2.64. The van der Waals surface area contributed by atoms with Crippen molar-refractivity contribution in [2.75, 3.05) is 11.5 Å². The fraction of sp³-hybridized carbons (Fsp3) is 0.229. The molecule has 0 heterocycles. The molecule has 238 valence electrons. The van der Waals surface area contributed by atoms with Gasteiger partial charge in [0.15, 0.2) is 12.7 Å². The number of carbonyl (C=O) groups excluding carboxylic acids is 1. The lowest BCUT2D eigenvalue weighted by Gasteiger charge is -2.31. The van der Waals surface area contributed by atoms with Crippen molar-refractivity contribution in [1.82, 2.24) is 5.32 Å². The topological polar surface area (TPSA) is 119 Å². The van der Waals surface area contributed by atoms with Crippen LogP contribution in [0.1, 0.15) is 49.9 Å². The fourth-order valence-electron chi connectivity index (χ4n) is 4.63. The van der Waals surface area contributed by atoms with Crippen molar-refractivity contribution in [3.8, 4) is 0 Å². The summed E-state index contributed by atoms with van der Waals surface area (Å²) in [5.74, 6) is 1.98. The van der Waals surface area contributed by atoms with Crippen LogP contribution < -0.4 is 35.2 Å². The Morgan fingerprint density at radius 3 is 1.33 bits per heavy atom. The van der Waals surface area contributed by atoms with Gasteiger partial charge in [0.25, 0.3) is 5.91 Å². The van der Waals surface area contributed by atoms with Gasteiger partial charge in [-0.1, -0.05) is 99.5 Å². The minimum atomic E-state index is -4.69. The number of thioether (sulfide) groups is 2. The van der Waals surface area contributed by atoms with Gasteiger partial charge < -0.3 is 0 Å². The van der Waals surface area contributed by atoms with Crippen LogP contribution in [0, 0.1) is 10.2 Å². The van der Waals surface area contributed by atoms with Gasteiger partial charge in [-0.15, -0.1) is 23.5 Å². The highest BCUT2D eigenvalue weighted by atomic mass is 35.7. The Morgan fingerprint density at radius 2 is 1.00 bits per heavy atom. The molecule has 2 N–H and O–H groups in total. The molecule has 4 aromatic rings. The number of hydrogen-bond donors (Lipinski definition) is 2. The van der Waals surface area contributed by atoms with Gasteiger partial charge in [-0.3, -0.25) is 10.1 Å². The second-order valence-corrected chi connectivity index (χ2v) is 16.5. The normalized spacial score (nSPS) is 11.2. The van der Waals surface area contributed by atoms with Gasteiger partial charge in [-0.25, -0.2) is 0 Å². The predicted octanol–water partition coefficient (Wildman–Crippen LogP) is 4.48. The van der Waals surface area contributed by atoms with Gasteiger partial charge >= 0.3 is 0 Å². The Bertz CT molecular complexity index is 1340. The van der Waals surface area contributed by atoms with Crippen LogP contribution in [0.2, 0.25) is 0 Å². The monoisotopic (exact) mass is 684 g/mol. The Labute approximate surface area is 278 Å². The minimum absolute atomic E-state index is 0.0625. The first-order valence-corrected chi connectivity index (χ1v) is 19.8. The second kappa shape index (κ2) is 19.1. The Balaban J connectivity index is 0.00000102. The molecule has 0 fully saturated rings.